The van der Waals surface area contributed by atoms with Crippen molar-refractivity contribution in [1.82, 2.24) is 0 Å². The van der Waals surface area contributed by atoms with E-state index in [1.165, 1.54) is 23.9 Å². The van der Waals surface area contributed by atoms with Gasteiger partial charge < -0.3 is 10.6 Å². The quantitative estimate of drug-likeness (QED) is 0.335. The molecule has 0 aliphatic carbocycles. The number of thioether (sulfide) groups is 1. The van der Waals surface area contributed by atoms with Gasteiger partial charge in [0.15, 0.2) is 0 Å². The van der Waals surface area contributed by atoms with Crippen molar-refractivity contribution in [3.05, 3.63) is 58.1 Å². The highest BCUT2D eigenvalue weighted by atomic mass is 32.2. The second kappa shape index (κ2) is 10.6. The molecule has 0 saturated heterocycles. The molecule has 1 unspecified atom stereocenters. The minimum Gasteiger partial charge on any atom is -0.326 e. The molecule has 0 fully saturated rings. The number of anilines is 2. The SMILES string of the molecule is CCCC(=O)Nc1cccc(SC(CC)C(=O)Nc2cc([N+](=O)[O-])ccc2C)c1. The van der Waals surface area contributed by atoms with Gasteiger partial charge in [-0.15, -0.1) is 11.8 Å². The van der Waals surface area contributed by atoms with E-state index in [0.717, 1.165) is 16.9 Å². The van der Waals surface area contributed by atoms with Gasteiger partial charge in [-0.2, -0.15) is 0 Å². The van der Waals surface area contributed by atoms with Crippen molar-refractivity contribution < 1.29 is 14.5 Å². The number of carbonyl (C=O) groups excluding carboxylic acids is 2. The fourth-order valence-electron chi connectivity index (χ4n) is 2.66. The summed E-state index contributed by atoms with van der Waals surface area (Å²) < 4.78 is 0. The number of amides is 2. The lowest BCUT2D eigenvalue weighted by Gasteiger charge is -2.16. The fraction of sp³-hybridized carbons (Fsp3) is 0.333. The molecule has 0 aliphatic rings. The van der Waals surface area contributed by atoms with Gasteiger partial charge in [-0.1, -0.05) is 26.0 Å². The first-order chi connectivity index (χ1) is 13.8. The number of nitrogens with one attached hydrogen (secondary N) is 2. The Labute approximate surface area is 174 Å². The number of nitro groups is 1. The summed E-state index contributed by atoms with van der Waals surface area (Å²) in [4.78, 5) is 35.9. The van der Waals surface area contributed by atoms with E-state index in [0.29, 0.717) is 24.2 Å². The lowest BCUT2D eigenvalue weighted by atomic mass is 10.1. The number of carbonyl (C=O) groups is 2. The fourth-order valence-corrected chi connectivity index (χ4v) is 3.67. The number of hydrogen-bond acceptors (Lipinski definition) is 5. The Balaban J connectivity index is 2.10. The highest BCUT2D eigenvalue weighted by Crippen LogP contribution is 2.29. The van der Waals surface area contributed by atoms with E-state index in [1.54, 1.807) is 13.0 Å². The van der Waals surface area contributed by atoms with E-state index in [2.05, 4.69) is 10.6 Å². The number of aryl methyl sites for hydroxylation is 1. The number of non-ortho nitro benzene ring substituents is 1. The summed E-state index contributed by atoms with van der Waals surface area (Å²) in [5, 5.41) is 16.3. The zero-order chi connectivity index (χ0) is 21.4. The van der Waals surface area contributed by atoms with Gasteiger partial charge in [0.05, 0.1) is 15.9 Å². The summed E-state index contributed by atoms with van der Waals surface area (Å²) >= 11 is 1.39. The molecule has 0 radical (unpaired) electrons. The topological polar surface area (TPSA) is 101 Å². The van der Waals surface area contributed by atoms with Crippen molar-refractivity contribution >= 4 is 40.6 Å². The van der Waals surface area contributed by atoms with Gasteiger partial charge in [-0.25, -0.2) is 0 Å². The molecule has 154 valence electrons. The van der Waals surface area contributed by atoms with Crippen molar-refractivity contribution in [2.75, 3.05) is 10.6 Å². The van der Waals surface area contributed by atoms with Crippen LogP contribution in [-0.2, 0) is 9.59 Å². The molecule has 2 N–H and O–H groups in total. The third-order valence-corrected chi connectivity index (χ3v) is 5.58. The maximum atomic E-state index is 12.8. The first-order valence-electron chi connectivity index (χ1n) is 9.46. The molecule has 2 aromatic carbocycles. The zero-order valence-corrected chi connectivity index (χ0v) is 17.5. The van der Waals surface area contributed by atoms with Crippen LogP contribution < -0.4 is 10.6 Å². The van der Waals surface area contributed by atoms with Crippen LogP contribution in [0, 0.1) is 17.0 Å². The van der Waals surface area contributed by atoms with Crippen molar-refractivity contribution in [3.8, 4) is 0 Å². The second-order valence-electron chi connectivity index (χ2n) is 6.59. The molecule has 1 atom stereocenters. The van der Waals surface area contributed by atoms with Crippen molar-refractivity contribution in [2.45, 2.75) is 50.2 Å². The van der Waals surface area contributed by atoms with Crippen LogP contribution in [0.5, 0.6) is 0 Å². The van der Waals surface area contributed by atoms with Gasteiger partial charge in [0, 0.05) is 29.1 Å². The summed E-state index contributed by atoms with van der Waals surface area (Å²) in [7, 11) is 0. The van der Waals surface area contributed by atoms with Crippen LogP contribution in [0.1, 0.15) is 38.7 Å². The Morgan fingerprint density at radius 2 is 1.90 bits per heavy atom. The normalized spacial score (nSPS) is 11.6. The first kappa shape index (κ1) is 22.4. The molecular weight excluding hydrogens is 390 g/mol. The smallest absolute Gasteiger partial charge is 0.271 e. The van der Waals surface area contributed by atoms with Crippen LogP contribution in [0.15, 0.2) is 47.4 Å². The van der Waals surface area contributed by atoms with E-state index in [4.69, 9.17) is 0 Å². The summed E-state index contributed by atoms with van der Waals surface area (Å²) in [6.45, 7) is 5.64. The average Bonchev–Trinajstić information content (AvgIpc) is 2.68. The third kappa shape index (κ3) is 6.60. The molecule has 8 heteroatoms. The van der Waals surface area contributed by atoms with Crippen molar-refractivity contribution in [1.29, 1.82) is 0 Å². The highest BCUT2D eigenvalue weighted by molar-refractivity contribution is 8.00. The Kier molecular flexibility index (Phi) is 8.21. The van der Waals surface area contributed by atoms with Gasteiger partial charge in [-0.05, 0) is 43.5 Å². The minimum atomic E-state index is -0.487. The lowest BCUT2D eigenvalue weighted by Crippen LogP contribution is -2.25. The molecule has 0 heterocycles. The maximum absolute atomic E-state index is 12.8. The molecule has 0 bridgehead atoms. The standard InChI is InChI=1S/C21H25N3O4S/c1-4-7-20(25)22-15-8-6-9-17(12-15)29-19(5-2)21(26)23-18-13-16(24(27)28)11-10-14(18)3/h6,8-13,19H,4-5,7H2,1-3H3,(H,22,25)(H,23,26). The average molecular weight is 416 g/mol. The molecule has 2 aromatic rings. The van der Waals surface area contributed by atoms with Crippen LogP contribution in [0.2, 0.25) is 0 Å². The number of nitrogens with zero attached hydrogens (tertiary/aromatic N) is 1. The van der Waals surface area contributed by atoms with Crippen LogP contribution in [0.3, 0.4) is 0 Å². The van der Waals surface area contributed by atoms with E-state index in [-0.39, 0.29) is 22.8 Å². The van der Waals surface area contributed by atoms with Gasteiger partial charge in [0.25, 0.3) is 5.69 Å². The molecule has 2 amide bonds. The van der Waals surface area contributed by atoms with Crippen molar-refractivity contribution in [3.63, 3.8) is 0 Å². The summed E-state index contributed by atoms with van der Waals surface area (Å²) in [5.41, 5.74) is 1.81. The number of nitro benzene ring substituents is 1. The zero-order valence-electron chi connectivity index (χ0n) is 16.7. The molecule has 29 heavy (non-hydrogen) atoms. The Morgan fingerprint density at radius 3 is 2.55 bits per heavy atom. The van der Waals surface area contributed by atoms with Gasteiger partial charge in [-0.3, -0.25) is 19.7 Å². The van der Waals surface area contributed by atoms with Gasteiger partial charge in [0.2, 0.25) is 11.8 Å². The third-order valence-electron chi connectivity index (χ3n) is 4.23. The number of benzene rings is 2. The summed E-state index contributed by atoms with van der Waals surface area (Å²) in [6, 6.07) is 11.8. The monoisotopic (exact) mass is 415 g/mol. The van der Waals surface area contributed by atoms with Crippen LogP contribution >= 0.6 is 11.8 Å². The molecule has 0 spiro atoms. The Hall–Kier alpha value is -2.87. The molecule has 0 saturated carbocycles. The molecular formula is C21H25N3O4S. The van der Waals surface area contributed by atoms with Crippen LogP contribution in [0.25, 0.3) is 0 Å². The van der Waals surface area contributed by atoms with E-state index in [9.17, 15) is 19.7 Å². The maximum Gasteiger partial charge on any atom is 0.271 e. The Bertz CT molecular complexity index is 901. The lowest BCUT2D eigenvalue weighted by molar-refractivity contribution is -0.384. The number of hydrogen-bond donors (Lipinski definition) is 2. The Morgan fingerprint density at radius 1 is 1.14 bits per heavy atom. The van der Waals surface area contributed by atoms with E-state index < -0.39 is 4.92 Å². The van der Waals surface area contributed by atoms with Crippen LogP contribution in [0.4, 0.5) is 17.1 Å². The summed E-state index contributed by atoms with van der Waals surface area (Å²) in [5.74, 6) is -0.262. The first-order valence-corrected chi connectivity index (χ1v) is 10.3. The summed E-state index contributed by atoms with van der Waals surface area (Å²) in [6.07, 6.45) is 1.81. The minimum absolute atomic E-state index is 0.0411. The molecule has 2 rings (SSSR count). The van der Waals surface area contributed by atoms with Gasteiger partial charge >= 0.3 is 0 Å². The number of rotatable bonds is 9. The molecule has 0 aliphatic heterocycles. The van der Waals surface area contributed by atoms with Gasteiger partial charge in [0.1, 0.15) is 0 Å². The molecule has 0 aromatic heterocycles. The molecule has 7 nitrogen and oxygen atoms in total. The largest absolute Gasteiger partial charge is 0.326 e. The predicted molar refractivity (Wildman–Crippen MR) is 116 cm³/mol. The van der Waals surface area contributed by atoms with Crippen molar-refractivity contribution in [2.24, 2.45) is 0 Å². The van der Waals surface area contributed by atoms with E-state index in [1.807, 2.05) is 38.1 Å². The van der Waals surface area contributed by atoms with E-state index >= 15 is 0 Å². The highest BCUT2D eigenvalue weighted by Gasteiger charge is 2.20. The predicted octanol–water partition coefficient (Wildman–Crippen LogP) is 5.15. The second-order valence-corrected chi connectivity index (χ2v) is 7.86. The van der Waals surface area contributed by atoms with Crippen LogP contribution in [-0.4, -0.2) is 22.0 Å².